The van der Waals surface area contributed by atoms with Gasteiger partial charge in [0.25, 0.3) is 0 Å². The van der Waals surface area contributed by atoms with Crippen LogP contribution in [0.15, 0.2) is 47.6 Å². The normalized spacial score (nSPS) is 10.4. The number of benzene rings is 1. The van der Waals surface area contributed by atoms with E-state index in [0.29, 0.717) is 18.0 Å². The summed E-state index contributed by atoms with van der Waals surface area (Å²) in [6.45, 7) is 0.601. The zero-order chi connectivity index (χ0) is 13.5. The fourth-order valence-electron chi connectivity index (χ4n) is 1.49. The van der Waals surface area contributed by atoms with Crippen LogP contribution in [0.4, 0.5) is 10.1 Å². The molecular formula is C14H15FN2OS. The lowest BCUT2D eigenvalue weighted by Crippen LogP contribution is -1.99. The fraction of sp³-hybridized carbons (Fsp3) is 0.214. The fourth-order valence-corrected chi connectivity index (χ4v) is 2.35. The van der Waals surface area contributed by atoms with Crippen molar-refractivity contribution in [2.45, 2.75) is 11.3 Å². The molecule has 0 aliphatic carbocycles. The molecule has 0 amide bonds. The number of nitrogens with zero attached hydrogens (tertiary/aromatic N) is 1. The van der Waals surface area contributed by atoms with Crippen LogP contribution in [0.5, 0.6) is 5.75 Å². The first-order chi connectivity index (χ1) is 9.25. The Balaban J connectivity index is 1.67. The molecule has 0 fully saturated rings. The molecule has 0 bridgehead atoms. The van der Waals surface area contributed by atoms with E-state index < -0.39 is 0 Å². The summed E-state index contributed by atoms with van der Waals surface area (Å²) in [5.74, 6) is 1.35. The van der Waals surface area contributed by atoms with E-state index in [2.05, 4.69) is 4.98 Å². The number of thioether (sulfide) groups is 1. The number of anilines is 1. The molecular weight excluding hydrogens is 263 g/mol. The van der Waals surface area contributed by atoms with Gasteiger partial charge >= 0.3 is 0 Å². The average Bonchev–Trinajstić information content (AvgIpc) is 2.42. The van der Waals surface area contributed by atoms with Crippen LogP contribution in [-0.2, 0) is 0 Å². The average molecular weight is 278 g/mol. The molecule has 0 atom stereocenters. The Bertz CT molecular complexity index is 519. The monoisotopic (exact) mass is 278 g/mol. The number of halogens is 1. The Morgan fingerprint density at radius 3 is 2.74 bits per heavy atom. The van der Waals surface area contributed by atoms with Crippen LogP contribution in [0, 0.1) is 5.82 Å². The maximum Gasteiger partial charge on any atom is 0.123 e. The zero-order valence-corrected chi connectivity index (χ0v) is 11.2. The van der Waals surface area contributed by atoms with E-state index in [4.69, 9.17) is 10.5 Å². The van der Waals surface area contributed by atoms with Crippen LogP contribution in [0.25, 0.3) is 0 Å². The van der Waals surface area contributed by atoms with Gasteiger partial charge in [-0.25, -0.2) is 4.39 Å². The third-order valence-corrected chi connectivity index (χ3v) is 3.61. The van der Waals surface area contributed by atoms with Crippen molar-refractivity contribution in [3.63, 3.8) is 0 Å². The lowest BCUT2D eigenvalue weighted by molar-refractivity contribution is 0.318. The lowest BCUT2D eigenvalue weighted by Gasteiger charge is -2.06. The van der Waals surface area contributed by atoms with Gasteiger partial charge in [0.1, 0.15) is 11.6 Å². The Morgan fingerprint density at radius 2 is 2.00 bits per heavy atom. The highest BCUT2D eigenvalue weighted by Crippen LogP contribution is 2.24. The van der Waals surface area contributed by atoms with E-state index in [1.54, 1.807) is 36.3 Å². The number of ether oxygens (including phenoxy) is 1. The van der Waals surface area contributed by atoms with Crippen molar-refractivity contribution in [3.8, 4) is 5.75 Å². The molecule has 1 heterocycles. The number of aromatic nitrogens is 1. The van der Waals surface area contributed by atoms with Gasteiger partial charge in [-0.3, -0.25) is 4.98 Å². The van der Waals surface area contributed by atoms with Crippen LogP contribution < -0.4 is 10.5 Å². The molecule has 100 valence electrons. The lowest BCUT2D eigenvalue weighted by atomic mass is 10.3. The Labute approximate surface area is 116 Å². The second kappa shape index (κ2) is 6.99. The highest BCUT2D eigenvalue weighted by molar-refractivity contribution is 7.99. The third kappa shape index (κ3) is 4.44. The number of hydrogen-bond donors (Lipinski definition) is 1. The van der Waals surface area contributed by atoms with E-state index in [9.17, 15) is 4.39 Å². The number of nitrogens with two attached hydrogens (primary N) is 1. The minimum atomic E-state index is -0.254. The molecule has 2 rings (SSSR count). The second-order valence-corrected chi connectivity index (χ2v) is 5.05. The quantitative estimate of drug-likeness (QED) is 0.650. The molecule has 5 heteroatoms. The molecule has 2 aromatic rings. The maximum absolute atomic E-state index is 12.7. The van der Waals surface area contributed by atoms with Crippen LogP contribution in [0.3, 0.4) is 0 Å². The summed E-state index contributed by atoms with van der Waals surface area (Å²) in [6.07, 6.45) is 4.27. The van der Waals surface area contributed by atoms with Gasteiger partial charge in [-0.15, -0.1) is 11.8 Å². The molecule has 0 saturated heterocycles. The Hall–Kier alpha value is -1.75. The van der Waals surface area contributed by atoms with E-state index >= 15 is 0 Å². The van der Waals surface area contributed by atoms with Crippen molar-refractivity contribution in [3.05, 3.63) is 48.5 Å². The van der Waals surface area contributed by atoms with Crippen molar-refractivity contribution in [1.82, 2.24) is 4.98 Å². The summed E-state index contributed by atoms with van der Waals surface area (Å²) in [5.41, 5.74) is 6.49. The van der Waals surface area contributed by atoms with Gasteiger partial charge in [-0.2, -0.15) is 0 Å². The molecule has 2 N–H and O–H groups in total. The molecule has 0 radical (unpaired) electrons. The minimum Gasteiger partial charge on any atom is -0.494 e. The second-order valence-electron chi connectivity index (χ2n) is 3.92. The van der Waals surface area contributed by atoms with Gasteiger partial charge in [0.2, 0.25) is 0 Å². The van der Waals surface area contributed by atoms with Crippen LogP contribution >= 0.6 is 11.8 Å². The third-order valence-electron chi connectivity index (χ3n) is 2.44. The topological polar surface area (TPSA) is 48.1 Å². The maximum atomic E-state index is 12.7. The highest BCUT2D eigenvalue weighted by atomic mass is 32.2. The summed E-state index contributed by atoms with van der Waals surface area (Å²) in [7, 11) is 0. The number of rotatable bonds is 6. The predicted molar refractivity (Wildman–Crippen MR) is 75.9 cm³/mol. The first-order valence-corrected chi connectivity index (χ1v) is 6.95. The molecule has 0 aliphatic rings. The summed E-state index contributed by atoms with van der Waals surface area (Å²) in [6, 6.07) is 7.94. The SMILES string of the molecule is Nc1cnccc1SCCCOc1ccc(F)cc1. The molecule has 0 aliphatic heterocycles. The van der Waals surface area contributed by atoms with Gasteiger partial charge in [-0.1, -0.05) is 0 Å². The summed E-state index contributed by atoms with van der Waals surface area (Å²) in [4.78, 5) is 4.98. The molecule has 1 aromatic heterocycles. The predicted octanol–water partition coefficient (Wildman–Crippen LogP) is 3.36. The molecule has 19 heavy (non-hydrogen) atoms. The van der Waals surface area contributed by atoms with E-state index in [0.717, 1.165) is 17.1 Å². The van der Waals surface area contributed by atoms with Crippen LogP contribution in [0.1, 0.15) is 6.42 Å². The van der Waals surface area contributed by atoms with Gasteiger partial charge in [0.15, 0.2) is 0 Å². The summed E-state index contributed by atoms with van der Waals surface area (Å²) >= 11 is 1.68. The summed E-state index contributed by atoms with van der Waals surface area (Å²) in [5, 5.41) is 0. The zero-order valence-electron chi connectivity index (χ0n) is 10.4. The van der Waals surface area contributed by atoms with Crippen LogP contribution in [0.2, 0.25) is 0 Å². The van der Waals surface area contributed by atoms with Gasteiger partial charge in [0.05, 0.1) is 18.5 Å². The highest BCUT2D eigenvalue weighted by Gasteiger charge is 1.99. The van der Waals surface area contributed by atoms with Gasteiger partial charge in [-0.05, 0) is 36.8 Å². The number of nitrogen functional groups attached to an aromatic ring is 1. The van der Waals surface area contributed by atoms with E-state index in [-0.39, 0.29) is 5.82 Å². The summed E-state index contributed by atoms with van der Waals surface area (Å²) < 4.78 is 18.2. The number of hydrogen-bond acceptors (Lipinski definition) is 4. The van der Waals surface area contributed by atoms with Gasteiger partial charge < -0.3 is 10.5 Å². The van der Waals surface area contributed by atoms with Crippen molar-refractivity contribution in [2.24, 2.45) is 0 Å². The molecule has 3 nitrogen and oxygen atoms in total. The van der Waals surface area contributed by atoms with Crippen molar-refractivity contribution < 1.29 is 9.13 Å². The largest absolute Gasteiger partial charge is 0.494 e. The van der Waals surface area contributed by atoms with Crippen molar-refractivity contribution in [1.29, 1.82) is 0 Å². The molecule has 0 unspecified atom stereocenters. The molecule has 0 saturated carbocycles. The molecule has 0 spiro atoms. The first-order valence-electron chi connectivity index (χ1n) is 5.96. The molecule has 1 aromatic carbocycles. The van der Waals surface area contributed by atoms with E-state index in [1.165, 1.54) is 12.1 Å². The standard InChI is InChI=1S/C14H15FN2OS/c15-11-2-4-12(5-3-11)18-8-1-9-19-14-6-7-17-10-13(14)16/h2-7,10H,1,8-9,16H2. The van der Waals surface area contributed by atoms with E-state index in [1.807, 2.05) is 6.07 Å². The van der Waals surface area contributed by atoms with Crippen LogP contribution in [-0.4, -0.2) is 17.3 Å². The van der Waals surface area contributed by atoms with Crippen molar-refractivity contribution in [2.75, 3.05) is 18.1 Å². The van der Waals surface area contributed by atoms with Crippen molar-refractivity contribution >= 4 is 17.4 Å². The Kier molecular flexibility index (Phi) is 5.03. The van der Waals surface area contributed by atoms with Gasteiger partial charge in [0, 0.05) is 16.8 Å². The first kappa shape index (κ1) is 13.7. The number of pyridine rings is 1. The minimum absolute atomic E-state index is 0.254. The Morgan fingerprint density at radius 1 is 1.21 bits per heavy atom. The smallest absolute Gasteiger partial charge is 0.123 e.